The summed E-state index contributed by atoms with van der Waals surface area (Å²) in [4.78, 5) is 22.9. The molecule has 0 aliphatic heterocycles. The van der Waals surface area contributed by atoms with Crippen LogP contribution >= 0.6 is 0 Å². The Labute approximate surface area is 166 Å². The van der Waals surface area contributed by atoms with Gasteiger partial charge >= 0.3 is 11.9 Å². The highest BCUT2D eigenvalue weighted by atomic mass is 16.6. The Morgan fingerprint density at radius 2 is 1.00 bits per heavy atom. The number of esters is 2. The van der Waals surface area contributed by atoms with E-state index in [1.54, 1.807) is 7.11 Å². The van der Waals surface area contributed by atoms with Gasteiger partial charge in [-0.05, 0) is 12.8 Å². The number of rotatable bonds is 20. The van der Waals surface area contributed by atoms with Gasteiger partial charge in [0.1, 0.15) is 6.61 Å². The number of hydrogen-bond acceptors (Lipinski definition) is 5. The molecule has 0 radical (unpaired) electrons. The van der Waals surface area contributed by atoms with Crippen molar-refractivity contribution >= 4 is 11.9 Å². The molecule has 0 heterocycles. The lowest BCUT2D eigenvalue weighted by atomic mass is 10.1. The number of methoxy groups -OCH3 is 1. The first-order valence-corrected chi connectivity index (χ1v) is 11.0. The first-order valence-electron chi connectivity index (χ1n) is 11.0. The van der Waals surface area contributed by atoms with E-state index in [0.29, 0.717) is 19.6 Å². The van der Waals surface area contributed by atoms with Crippen LogP contribution in [0.1, 0.15) is 103 Å². The number of unbranched alkanes of at least 4 members (excludes halogenated alkanes) is 11. The second-order valence-corrected chi connectivity index (χ2v) is 7.18. The van der Waals surface area contributed by atoms with Gasteiger partial charge in [-0.1, -0.05) is 77.6 Å². The van der Waals surface area contributed by atoms with Gasteiger partial charge in [-0.3, -0.25) is 9.59 Å². The summed E-state index contributed by atoms with van der Waals surface area (Å²) in [6.45, 7) is 3.41. The van der Waals surface area contributed by atoms with E-state index in [1.807, 2.05) is 0 Å². The van der Waals surface area contributed by atoms with Crippen LogP contribution in [-0.4, -0.2) is 38.9 Å². The quantitative estimate of drug-likeness (QED) is 0.202. The third-order valence-corrected chi connectivity index (χ3v) is 4.57. The third kappa shape index (κ3) is 21.1. The van der Waals surface area contributed by atoms with Crippen LogP contribution in [0.4, 0.5) is 0 Å². The zero-order valence-electron chi connectivity index (χ0n) is 17.8. The second-order valence-electron chi connectivity index (χ2n) is 7.18. The molecule has 0 saturated carbocycles. The Balaban J connectivity index is 3.24. The van der Waals surface area contributed by atoms with Gasteiger partial charge in [-0.25, -0.2) is 0 Å². The van der Waals surface area contributed by atoms with Crippen LogP contribution in [0.25, 0.3) is 0 Å². The van der Waals surface area contributed by atoms with E-state index in [4.69, 9.17) is 14.2 Å². The maximum atomic E-state index is 11.6. The van der Waals surface area contributed by atoms with Crippen molar-refractivity contribution in [3.63, 3.8) is 0 Å². The molecule has 0 fully saturated rings. The fourth-order valence-electron chi connectivity index (χ4n) is 2.89. The molecule has 0 rings (SSSR count). The second kappa shape index (κ2) is 21.2. The standard InChI is InChI=1S/C22H42O5/c1-3-4-5-6-7-8-9-10-11-12-13-14-18-26-21(23)16-15-17-22(24)27-20-19-25-2/h3-20H2,1-2H3. The highest BCUT2D eigenvalue weighted by Crippen LogP contribution is 2.12. The molecule has 0 saturated heterocycles. The summed E-state index contributed by atoms with van der Waals surface area (Å²) >= 11 is 0. The van der Waals surface area contributed by atoms with Crippen LogP contribution in [0.15, 0.2) is 0 Å². The lowest BCUT2D eigenvalue weighted by Gasteiger charge is -2.06. The molecule has 0 aromatic heterocycles. The minimum Gasteiger partial charge on any atom is -0.466 e. The minimum atomic E-state index is -0.291. The summed E-state index contributed by atoms with van der Waals surface area (Å²) in [5, 5.41) is 0. The Hall–Kier alpha value is -1.10. The molecular formula is C22H42O5. The van der Waals surface area contributed by atoms with Crippen molar-refractivity contribution < 1.29 is 23.8 Å². The number of hydrogen-bond donors (Lipinski definition) is 0. The lowest BCUT2D eigenvalue weighted by Crippen LogP contribution is -2.11. The molecule has 0 atom stereocenters. The van der Waals surface area contributed by atoms with Crippen molar-refractivity contribution in [1.82, 2.24) is 0 Å². The van der Waals surface area contributed by atoms with Crippen LogP contribution in [0.2, 0.25) is 0 Å². The van der Waals surface area contributed by atoms with E-state index in [1.165, 1.54) is 64.2 Å². The van der Waals surface area contributed by atoms with E-state index in [0.717, 1.165) is 12.8 Å². The lowest BCUT2D eigenvalue weighted by molar-refractivity contribution is -0.146. The first-order chi connectivity index (χ1) is 13.2. The van der Waals surface area contributed by atoms with Crippen molar-refractivity contribution in [3.05, 3.63) is 0 Å². The van der Waals surface area contributed by atoms with Crippen LogP contribution in [0.3, 0.4) is 0 Å². The van der Waals surface area contributed by atoms with Gasteiger partial charge < -0.3 is 14.2 Å². The van der Waals surface area contributed by atoms with E-state index in [9.17, 15) is 9.59 Å². The van der Waals surface area contributed by atoms with Crippen molar-refractivity contribution in [3.8, 4) is 0 Å². The fraction of sp³-hybridized carbons (Fsp3) is 0.909. The Kier molecular flexibility index (Phi) is 20.3. The summed E-state index contributed by atoms with van der Waals surface area (Å²) in [5.41, 5.74) is 0. The van der Waals surface area contributed by atoms with Crippen LogP contribution < -0.4 is 0 Å². The Morgan fingerprint density at radius 1 is 0.556 bits per heavy atom. The van der Waals surface area contributed by atoms with Gasteiger partial charge in [-0.2, -0.15) is 0 Å². The van der Waals surface area contributed by atoms with Gasteiger partial charge in [0.05, 0.1) is 13.2 Å². The van der Waals surface area contributed by atoms with Gasteiger partial charge in [0.2, 0.25) is 0 Å². The van der Waals surface area contributed by atoms with Crippen molar-refractivity contribution in [2.75, 3.05) is 26.9 Å². The van der Waals surface area contributed by atoms with E-state index in [-0.39, 0.29) is 31.4 Å². The molecule has 0 aromatic carbocycles. The van der Waals surface area contributed by atoms with E-state index < -0.39 is 0 Å². The molecule has 0 aliphatic carbocycles. The summed E-state index contributed by atoms with van der Waals surface area (Å²) in [6.07, 6.45) is 16.5. The summed E-state index contributed by atoms with van der Waals surface area (Å²) in [7, 11) is 1.56. The van der Waals surface area contributed by atoms with Crippen LogP contribution in [0.5, 0.6) is 0 Å². The number of ether oxygens (including phenoxy) is 3. The Morgan fingerprint density at radius 3 is 1.48 bits per heavy atom. The largest absolute Gasteiger partial charge is 0.466 e. The zero-order valence-corrected chi connectivity index (χ0v) is 17.8. The smallest absolute Gasteiger partial charge is 0.305 e. The predicted octanol–water partition coefficient (Wildman–Crippen LogP) is 5.59. The highest BCUT2D eigenvalue weighted by molar-refractivity contribution is 5.72. The average molecular weight is 387 g/mol. The summed E-state index contributed by atoms with van der Waals surface area (Å²) in [6, 6.07) is 0. The molecule has 160 valence electrons. The topological polar surface area (TPSA) is 61.8 Å². The third-order valence-electron chi connectivity index (χ3n) is 4.57. The average Bonchev–Trinajstić information content (AvgIpc) is 2.65. The van der Waals surface area contributed by atoms with E-state index in [2.05, 4.69) is 6.92 Å². The number of carbonyl (C=O) groups is 2. The van der Waals surface area contributed by atoms with Gasteiger partial charge in [0.15, 0.2) is 0 Å². The highest BCUT2D eigenvalue weighted by Gasteiger charge is 2.07. The van der Waals surface area contributed by atoms with Crippen molar-refractivity contribution in [2.45, 2.75) is 103 Å². The molecule has 0 unspecified atom stereocenters. The zero-order chi connectivity index (χ0) is 20.0. The molecule has 5 nitrogen and oxygen atoms in total. The Bertz CT molecular complexity index is 344. The minimum absolute atomic E-state index is 0.220. The molecule has 5 heteroatoms. The van der Waals surface area contributed by atoms with E-state index >= 15 is 0 Å². The van der Waals surface area contributed by atoms with Crippen LogP contribution in [0, 0.1) is 0 Å². The maximum Gasteiger partial charge on any atom is 0.305 e. The molecule has 0 bridgehead atoms. The van der Waals surface area contributed by atoms with Gasteiger partial charge in [-0.15, -0.1) is 0 Å². The maximum absolute atomic E-state index is 11.6. The molecular weight excluding hydrogens is 344 g/mol. The van der Waals surface area contributed by atoms with Crippen LogP contribution in [-0.2, 0) is 23.8 Å². The predicted molar refractivity (Wildman–Crippen MR) is 109 cm³/mol. The van der Waals surface area contributed by atoms with Crippen molar-refractivity contribution in [2.24, 2.45) is 0 Å². The molecule has 0 aliphatic rings. The molecule has 0 amide bonds. The molecule has 0 spiro atoms. The monoisotopic (exact) mass is 386 g/mol. The number of carbonyl (C=O) groups excluding carboxylic acids is 2. The summed E-state index contributed by atoms with van der Waals surface area (Å²) < 4.78 is 14.9. The van der Waals surface area contributed by atoms with Crippen molar-refractivity contribution in [1.29, 1.82) is 0 Å². The molecule has 27 heavy (non-hydrogen) atoms. The van der Waals surface area contributed by atoms with Gasteiger partial charge in [0, 0.05) is 20.0 Å². The molecule has 0 N–H and O–H groups in total. The first kappa shape index (κ1) is 25.9. The summed E-state index contributed by atoms with van der Waals surface area (Å²) in [5.74, 6) is -0.511. The molecule has 0 aromatic rings. The normalized spacial score (nSPS) is 10.7. The fourth-order valence-corrected chi connectivity index (χ4v) is 2.89. The SMILES string of the molecule is CCCCCCCCCCCCCCOC(=O)CCCC(=O)OCCOC. The van der Waals surface area contributed by atoms with Gasteiger partial charge in [0.25, 0.3) is 0 Å².